The first-order chi connectivity index (χ1) is 12.6. The fourth-order valence-corrected chi connectivity index (χ4v) is 5.71. The van der Waals surface area contributed by atoms with Crippen LogP contribution in [0.25, 0.3) is 0 Å². The van der Waals surface area contributed by atoms with Crippen molar-refractivity contribution in [3.05, 3.63) is 46.1 Å². The highest BCUT2D eigenvalue weighted by atomic mass is 35.5. The molecule has 1 aliphatic carbocycles. The van der Waals surface area contributed by atoms with Crippen LogP contribution in [-0.4, -0.2) is 18.1 Å². The van der Waals surface area contributed by atoms with Gasteiger partial charge in [0.25, 0.3) is 0 Å². The number of rotatable bonds is 3. The molecule has 0 bridgehead atoms. The van der Waals surface area contributed by atoms with Gasteiger partial charge in [0, 0.05) is 18.0 Å². The largest absolute Gasteiger partial charge is 0.370 e. The summed E-state index contributed by atoms with van der Waals surface area (Å²) in [5.41, 5.74) is 3.08. The second-order valence-electron chi connectivity index (χ2n) is 7.66. The number of piperidine rings is 1. The van der Waals surface area contributed by atoms with Crippen LogP contribution in [0.15, 0.2) is 40.4 Å². The van der Waals surface area contributed by atoms with Gasteiger partial charge >= 0.3 is 0 Å². The molecule has 0 radical (unpaired) electrons. The predicted octanol–water partition coefficient (Wildman–Crippen LogP) is 7.01. The summed E-state index contributed by atoms with van der Waals surface area (Å²) in [5, 5.41) is 2.17. The van der Waals surface area contributed by atoms with Crippen molar-refractivity contribution in [2.45, 2.75) is 55.4 Å². The van der Waals surface area contributed by atoms with Gasteiger partial charge in [0.2, 0.25) is 0 Å². The Morgan fingerprint density at radius 3 is 2.50 bits per heavy atom. The van der Waals surface area contributed by atoms with Crippen LogP contribution >= 0.6 is 35.0 Å². The number of anilines is 1. The Bertz CT molecular complexity index is 793. The zero-order chi connectivity index (χ0) is 18.1. The van der Waals surface area contributed by atoms with Gasteiger partial charge in [-0.1, -0.05) is 53.9 Å². The van der Waals surface area contributed by atoms with E-state index in [1.54, 1.807) is 11.8 Å². The molecule has 0 atom stereocenters. The molecule has 5 heteroatoms. The van der Waals surface area contributed by atoms with Crippen LogP contribution in [-0.2, 0) is 0 Å². The fourth-order valence-electron chi connectivity index (χ4n) is 4.36. The number of nitrogens with zero attached hydrogens (tertiary/aromatic N) is 2. The molecule has 2 aromatic rings. The van der Waals surface area contributed by atoms with E-state index in [-0.39, 0.29) is 0 Å². The molecule has 0 unspecified atom stereocenters. The zero-order valence-electron chi connectivity index (χ0n) is 15.1. The number of halogens is 2. The van der Waals surface area contributed by atoms with E-state index in [0.29, 0.717) is 15.5 Å². The maximum absolute atomic E-state index is 6.32. The number of hydrogen-bond acceptors (Lipinski definition) is 3. The van der Waals surface area contributed by atoms with Gasteiger partial charge in [-0.25, -0.2) is 4.98 Å². The zero-order valence-corrected chi connectivity index (χ0v) is 17.4. The van der Waals surface area contributed by atoms with Crippen molar-refractivity contribution in [3.8, 4) is 0 Å². The third-order valence-corrected chi connectivity index (χ3v) is 8.10. The van der Waals surface area contributed by atoms with Crippen molar-refractivity contribution in [3.63, 3.8) is 0 Å². The van der Waals surface area contributed by atoms with Gasteiger partial charge in [-0.15, -0.1) is 0 Å². The lowest BCUT2D eigenvalue weighted by molar-refractivity contribution is 0.226. The van der Waals surface area contributed by atoms with E-state index in [2.05, 4.69) is 17.9 Å². The van der Waals surface area contributed by atoms with E-state index < -0.39 is 0 Å². The first-order valence-electron chi connectivity index (χ1n) is 9.40. The maximum atomic E-state index is 6.32. The molecular weight excluding hydrogens is 383 g/mol. The molecule has 26 heavy (non-hydrogen) atoms. The topological polar surface area (TPSA) is 16.1 Å². The predicted molar refractivity (Wildman–Crippen MR) is 112 cm³/mol. The van der Waals surface area contributed by atoms with Gasteiger partial charge in [0.15, 0.2) is 0 Å². The SMILES string of the molecule is Cc1cc(N2CCC3(CCCC3)CC2)cnc1Sc1cccc(Cl)c1Cl. The second kappa shape index (κ2) is 7.61. The van der Waals surface area contributed by atoms with E-state index in [1.807, 2.05) is 24.4 Å². The lowest BCUT2D eigenvalue weighted by atomic mass is 9.77. The maximum Gasteiger partial charge on any atom is 0.104 e. The van der Waals surface area contributed by atoms with Gasteiger partial charge in [0.1, 0.15) is 5.03 Å². The smallest absolute Gasteiger partial charge is 0.104 e. The van der Waals surface area contributed by atoms with Crippen molar-refractivity contribution in [2.75, 3.05) is 18.0 Å². The third-order valence-electron chi connectivity index (χ3n) is 5.99. The number of aryl methyl sites for hydroxylation is 1. The lowest BCUT2D eigenvalue weighted by Gasteiger charge is -2.40. The Morgan fingerprint density at radius 1 is 1.08 bits per heavy atom. The molecule has 1 aromatic carbocycles. The molecule has 2 heterocycles. The van der Waals surface area contributed by atoms with Crippen LogP contribution < -0.4 is 4.90 Å². The summed E-state index contributed by atoms with van der Waals surface area (Å²) in [6.45, 7) is 4.45. The van der Waals surface area contributed by atoms with Gasteiger partial charge in [-0.3, -0.25) is 0 Å². The molecule has 1 saturated heterocycles. The first kappa shape index (κ1) is 18.5. The van der Waals surface area contributed by atoms with Crippen LogP contribution in [0.3, 0.4) is 0 Å². The number of pyridine rings is 1. The average molecular weight is 407 g/mol. The summed E-state index contributed by atoms with van der Waals surface area (Å²) in [5.74, 6) is 0. The van der Waals surface area contributed by atoms with E-state index in [0.717, 1.165) is 23.0 Å². The van der Waals surface area contributed by atoms with Crippen LogP contribution in [0.1, 0.15) is 44.1 Å². The third kappa shape index (κ3) is 3.72. The van der Waals surface area contributed by atoms with E-state index >= 15 is 0 Å². The van der Waals surface area contributed by atoms with Crippen molar-refractivity contribution < 1.29 is 0 Å². The highest BCUT2D eigenvalue weighted by Gasteiger charge is 2.36. The van der Waals surface area contributed by atoms with Crippen LogP contribution in [0.4, 0.5) is 5.69 Å². The second-order valence-corrected chi connectivity index (χ2v) is 9.48. The van der Waals surface area contributed by atoms with Crippen molar-refractivity contribution in [1.29, 1.82) is 0 Å². The van der Waals surface area contributed by atoms with Gasteiger partial charge in [-0.05, 0) is 61.8 Å². The molecule has 1 spiro atoms. The fraction of sp³-hybridized carbons (Fsp3) is 0.476. The van der Waals surface area contributed by atoms with Crippen molar-refractivity contribution in [1.82, 2.24) is 4.98 Å². The monoisotopic (exact) mass is 406 g/mol. The minimum Gasteiger partial charge on any atom is -0.370 e. The van der Waals surface area contributed by atoms with Crippen LogP contribution in [0.5, 0.6) is 0 Å². The summed E-state index contributed by atoms with van der Waals surface area (Å²) < 4.78 is 0. The molecule has 1 aromatic heterocycles. The Kier molecular flexibility index (Phi) is 5.41. The summed E-state index contributed by atoms with van der Waals surface area (Å²) in [4.78, 5) is 8.18. The average Bonchev–Trinajstić information content (AvgIpc) is 3.09. The van der Waals surface area contributed by atoms with Crippen molar-refractivity contribution in [2.24, 2.45) is 5.41 Å². The summed E-state index contributed by atoms with van der Waals surface area (Å²) in [6, 6.07) is 7.98. The Labute approximate surface area is 170 Å². The van der Waals surface area contributed by atoms with Crippen LogP contribution in [0, 0.1) is 12.3 Å². The van der Waals surface area contributed by atoms with Crippen LogP contribution in [0.2, 0.25) is 10.0 Å². The standard InChI is InChI=1S/C21H24Cl2N2S/c1-15-13-16(25-11-9-21(10-12-25)7-2-3-8-21)14-24-20(15)26-18-6-4-5-17(22)19(18)23/h4-6,13-14H,2-3,7-12H2,1H3. The molecule has 0 amide bonds. The highest BCUT2D eigenvalue weighted by Crippen LogP contribution is 2.47. The number of hydrogen-bond donors (Lipinski definition) is 0. The molecule has 2 nitrogen and oxygen atoms in total. The normalized spacial score (nSPS) is 19.3. The molecule has 138 valence electrons. The summed E-state index contributed by atoms with van der Waals surface area (Å²) in [7, 11) is 0. The Hall–Kier alpha value is -0.900. The molecule has 2 fully saturated rings. The number of aromatic nitrogens is 1. The van der Waals surface area contributed by atoms with Crippen molar-refractivity contribution >= 4 is 40.7 Å². The quantitative estimate of drug-likeness (QED) is 0.544. The van der Waals surface area contributed by atoms with E-state index in [4.69, 9.17) is 28.2 Å². The molecular formula is C21H24Cl2N2S. The Balaban J connectivity index is 1.47. The molecule has 1 saturated carbocycles. The lowest BCUT2D eigenvalue weighted by Crippen LogP contribution is -2.38. The van der Waals surface area contributed by atoms with Gasteiger partial charge in [-0.2, -0.15) is 0 Å². The molecule has 2 aliphatic rings. The highest BCUT2D eigenvalue weighted by molar-refractivity contribution is 7.99. The summed E-state index contributed by atoms with van der Waals surface area (Å²) >= 11 is 14.0. The van der Waals surface area contributed by atoms with Gasteiger partial charge in [0.05, 0.1) is 21.9 Å². The minimum atomic E-state index is 0.583. The van der Waals surface area contributed by atoms with Gasteiger partial charge < -0.3 is 4.90 Å². The van der Waals surface area contributed by atoms with E-state index in [9.17, 15) is 0 Å². The molecule has 4 rings (SSSR count). The number of benzene rings is 1. The first-order valence-corrected chi connectivity index (χ1v) is 11.0. The minimum absolute atomic E-state index is 0.583. The van der Waals surface area contributed by atoms with E-state index in [1.165, 1.54) is 49.8 Å². The molecule has 1 aliphatic heterocycles. The Morgan fingerprint density at radius 2 is 1.81 bits per heavy atom. The summed E-state index contributed by atoms with van der Waals surface area (Å²) in [6.07, 6.45) is 10.4. The molecule has 0 N–H and O–H groups in total.